The molecule has 134 valence electrons. The second-order valence-corrected chi connectivity index (χ2v) is 9.14. The quantitative estimate of drug-likeness (QED) is 0.222. The summed E-state index contributed by atoms with van der Waals surface area (Å²) in [6.07, 6.45) is 19.1. The first-order valence-electron chi connectivity index (χ1n) is 9.84. The van der Waals surface area contributed by atoms with Crippen molar-refractivity contribution in [3.8, 4) is 0 Å². The fraction of sp³-hybridized carbons (Fsp3) is 1.00. The standard InChI is InChI=1S/C20H41BrO/c1-4-5-6-7-8-9-10-11-12-13-14-15-16-19(2)20(3,21)17-18-22/h19,22H,4-18H2,1-3H3. The van der Waals surface area contributed by atoms with Crippen molar-refractivity contribution in [1.82, 2.24) is 0 Å². The molecule has 0 heterocycles. The molecule has 0 aromatic heterocycles. The van der Waals surface area contributed by atoms with Gasteiger partial charge < -0.3 is 5.11 Å². The fourth-order valence-electron chi connectivity index (χ4n) is 3.06. The largest absolute Gasteiger partial charge is 0.396 e. The summed E-state index contributed by atoms with van der Waals surface area (Å²) in [6.45, 7) is 7.09. The molecular formula is C20H41BrO. The number of rotatable bonds is 16. The topological polar surface area (TPSA) is 20.2 Å². The number of unbranched alkanes of at least 4 members (excludes halogenated alkanes) is 11. The highest BCUT2D eigenvalue weighted by molar-refractivity contribution is 9.10. The number of hydrogen-bond acceptors (Lipinski definition) is 1. The molecule has 0 aromatic carbocycles. The van der Waals surface area contributed by atoms with Gasteiger partial charge in [-0.25, -0.2) is 0 Å². The maximum absolute atomic E-state index is 9.09. The van der Waals surface area contributed by atoms with Gasteiger partial charge in [0.25, 0.3) is 0 Å². The number of aliphatic hydroxyl groups excluding tert-OH is 1. The van der Waals surface area contributed by atoms with Gasteiger partial charge in [0.05, 0.1) is 0 Å². The van der Waals surface area contributed by atoms with Crippen LogP contribution in [0.25, 0.3) is 0 Å². The van der Waals surface area contributed by atoms with Crippen LogP contribution in [0.15, 0.2) is 0 Å². The second kappa shape index (κ2) is 15.0. The highest BCUT2D eigenvalue weighted by atomic mass is 79.9. The third kappa shape index (κ3) is 12.9. The van der Waals surface area contributed by atoms with Crippen molar-refractivity contribution in [1.29, 1.82) is 0 Å². The molecule has 0 aliphatic carbocycles. The lowest BCUT2D eigenvalue weighted by atomic mass is 9.88. The van der Waals surface area contributed by atoms with Gasteiger partial charge in [0.2, 0.25) is 0 Å². The van der Waals surface area contributed by atoms with Crippen molar-refractivity contribution >= 4 is 15.9 Å². The summed E-state index contributed by atoms with van der Waals surface area (Å²) < 4.78 is 0.111. The normalized spacial score (nSPS) is 15.7. The molecule has 0 radical (unpaired) electrons. The van der Waals surface area contributed by atoms with Crippen molar-refractivity contribution in [2.24, 2.45) is 5.92 Å². The van der Waals surface area contributed by atoms with Crippen molar-refractivity contribution in [2.75, 3.05) is 6.61 Å². The summed E-state index contributed by atoms with van der Waals surface area (Å²) in [6, 6.07) is 0. The lowest BCUT2D eigenvalue weighted by molar-refractivity contribution is 0.248. The van der Waals surface area contributed by atoms with Crippen LogP contribution in [0.1, 0.15) is 111 Å². The minimum absolute atomic E-state index is 0.111. The first-order chi connectivity index (χ1) is 10.5. The molecule has 2 unspecified atom stereocenters. The van der Waals surface area contributed by atoms with Crippen LogP contribution in [0.4, 0.5) is 0 Å². The number of hydrogen-bond donors (Lipinski definition) is 1. The van der Waals surface area contributed by atoms with Gasteiger partial charge in [0.15, 0.2) is 0 Å². The molecule has 0 aliphatic heterocycles. The van der Waals surface area contributed by atoms with E-state index in [2.05, 4.69) is 36.7 Å². The summed E-state index contributed by atoms with van der Waals surface area (Å²) in [5.41, 5.74) is 0. The van der Waals surface area contributed by atoms with Crippen molar-refractivity contribution in [3.63, 3.8) is 0 Å². The summed E-state index contributed by atoms with van der Waals surface area (Å²) in [7, 11) is 0. The Bertz CT molecular complexity index is 228. The van der Waals surface area contributed by atoms with E-state index in [9.17, 15) is 0 Å². The van der Waals surface area contributed by atoms with E-state index in [1.165, 1.54) is 83.5 Å². The van der Waals surface area contributed by atoms with Crippen LogP contribution in [-0.2, 0) is 0 Å². The van der Waals surface area contributed by atoms with Crippen molar-refractivity contribution in [2.45, 2.75) is 115 Å². The zero-order valence-electron chi connectivity index (χ0n) is 15.5. The van der Waals surface area contributed by atoms with Gasteiger partial charge in [-0.15, -0.1) is 0 Å². The molecular weight excluding hydrogens is 336 g/mol. The van der Waals surface area contributed by atoms with Gasteiger partial charge in [0, 0.05) is 10.9 Å². The van der Waals surface area contributed by atoms with E-state index in [0.29, 0.717) is 5.92 Å². The van der Waals surface area contributed by atoms with E-state index >= 15 is 0 Å². The molecule has 0 amide bonds. The van der Waals surface area contributed by atoms with Crippen LogP contribution in [0.2, 0.25) is 0 Å². The van der Waals surface area contributed by atoms with Crippen LogP contribution < -0.4 is 0 Å². The Morgan fingerprint density at radius 1 is 0.818 bits per heavy atom. The monoisotopic (exact) mass is 376 g/mol. The number of aliphatic hydroxyl groups is 1. The van der Waals surface area contributed by atoms with E-state index < -0.39 is 0 Å². The Morgan fingerprint density at radius 3 is 1.64 bits per heavy atom. The zero-order valence-corrected chi connectivity index (χ0v) is 17.1. The smallest absolute Gasteiger partial charge is 0.0444 e. The van der Waals surface area contributed by atoms with Crippen molar-refractivity contribution in [3.05, 3.63) is 0 Å². The van der Waals surface area contributed by atoms with Crippen LogP contribution >= 0.6 is 15.9 Å². The van der Waals surface area contributed by atoms with Gasteiger partial charge >= 0.3 is 0 Å². The molecule has 0 aliphatic rings. The Hall–Kier alpha value is 0.440. The van der Waals surface area contributed by atoms with Gasteiger partial charge in [-0.1, -0.05) is 107 Å². The minimum atomic E-state index is 0.111. The molecule has 22 heavy (non-hydrogen) atoms. The Morgan fingerprint density at radius 2 is 1.23 bits per heavy atom. The summed E-state index contributed by atoms with van der Waals surface area (Å²) in [5, 5.41) is 9.09. The SMILES string of the molecule is CCCCCCCCCCCCCCC(C)C(C)(Br)CCO. The lowest BCUT2D eigenvalue weighted by Crippen LogP contribution is -2.26. The molecule has 0 saturated heterocycles. The minimum Gasteiger partial charge on any atom is -0.396 e. The molecule has 1 N–H and O–H groups in total. The average Bonchev–Trinajstić information content (AvgIpc) is 2.48. The van der Waals surface area contributed by atoms with Crippen LogP contribution in [0, 0.1) is 5.92 Å². The van der Waals surface area contributed by atoms with Gasteiger partial charge in [-0.2, -0.15) is 0 Å². The first kappa shape index (κ1) is 22.4. The van der Waals surface area contributed by atoms with E-state index in [-0.39, 0.29) is 10.9 Å². The maximum atomic E-state index is 9.09. The molecule has 0 saturated carbocycles. The predicted octanol–water partition coefficient (Wildman–Crippen LogP) is 7.25. The van der Waals surface area contributed by atoms with Gasteiger partial charge in [0.1, 0.15) is 0 Å². The lowest BCUT2D eigenvalue weighted by Gasteiger charge is -2.29. The molecule has 1 nitrogen and oxygen atoms in total. The summed E-state index contributed by atoms with van der Waals surface area (Å²) >= 11 is 3.78. The van der Waals surface area contributed by atoms with E-state index in [4.69, 9.17) is 5.11 Å². The number of halogens is 1. The third-order valence-corrected chi connectivity index (χ3v) is 6.30. The van der Waals surface area contributed by atoms with E-state index in [0.717, 1.165) is 6.42 Å². The zero-order chi connectivity index (χ0) is 16.7. The second-order valence-electron chi connectivity index (χ2n) is 7.33. The molecule has 0 aromatic rings. The van der Waals surface area contributed by atoms with Crippen LogP contribution in [0.5, 0.6) is 0 Å². The van der Waals surface area contributed by atoms with E-state index in [1.54, 1.807) is 0 Å². The fourth-order valence-corrected chi connectivity index (χ4v) is 3.46. The highest BCUT2D eigenvalue weighted by Crippen LogP contribution is 2.34. The van der Waals surface area contributed by atoms with Gasteiger partial charge in [-0.3, -0.25) is 0 Å². The molecule has 0 fully saturated rings. The van der Waals surface area contributed by atoms with Crippen LogP contribution in [-0.4, -0.2) is 16.0 Å². The predicted molar refractivity (Wildman–Crippen MR) is 104 cm³/mol. The number of alkyl halides is 1. The third-order valence-electron chi connectivity index (χ3n) is 5.12. The first-order valence-corrected chi connectivity index (χ1v) is 10.6. The van der Waals surface area contributed by atoms with Crippen molar-refractivity contribution < 1.29 is 5.11 Å². The highest BCUT2D eigenvalue weighted by Gasteiger charge is 2.26. The Labute approximate surface area is 148 Å². The molecule has 0 spiro atoms. The average molecular weight is 377 g/mol. The Balaban J connectivity index is 3.30. The van der Waals surface area contributed by atoms with Gasteiger partial charge in [-0.05, 0) is 25.7 Å². The van der Waals surface area contributed by atoms with E-state index in [1.807, 2.05) is 0 Å². The Kier molecular flexibility index (Phi) is 15.3. The molecule has 2 atom stereocenters. The molecule has 2 heteroatoms. The van der Waals surface area contributed by atoms with Crippen LogP contribution in [0.3, 0.4) is 0 Å². The maximum Gasteiger partial charge on any atom is 0.0444 e. The summed E-state index contributed by atoms with van der Waals surface area (Å²) in [5.74, 6) is 0.641. The molecule has 0 rings (SSSR count). The molecule has 0 bridgehead atoms. The summed E-state index contributed by atoms with van der Waals surface area (Å²) in [4.78, 5) is 0.